The van der Waals surface area contributed by atoms with Gasteiger partial charge >= 0.3 is 0 Å². The van der Waals surface area contributed by atoms with E-state index in [-0.39, 0.29) is 23.3 Å². The molecule has 6 heteroatoms. The van der Waals surface area contributed by atoms with E-state index in [1.165, 1.54) is 0 Å². The summed E-state index contributed by atoms with van der Waals surface area (Å²) in [5.41, 5.74) is 2.12. The highest BCUT2D eigenvalue weighted by atomic mass is 16.2. The summed E-state index contributed by atoms with van der Waals surface area (Å²) in [6.07, 6.45) is 0.329. The maximum Gasteiger partial charge on any atom is 0.252 e. The van der Waals surface area contributed by atoms with E-state index in [0.717, 1.165) is 16.3 Å². The standard InChI is InChI=1S/C31H31N3O3/c1-31(2,3)34-29(36)25-18-10-17-24-23(25)16-11-19-26(24)32-30(37)27(20-21-12-6-4-7-13-21)33-28(35)22-14-8-5-9-15-22/h4-19,27H,20H2,1-3H3,(H,32,37)(H,33,35)(H,34,36)/t27-/m0/s1. The first-order chi connectivity index (χ1) is 17.7. The molecule has 0 bridgehead atoms. The fourth-order valence-electron chi connectivity index (χ4n) is 4.13. The van der Waals surface area contributed by atoms with Gasteiger partial charge in [-0.05, 0) is 56.0 Å². The Morgan fingerprint density at radius 1 is 0.703 bits per heavy atom. The number of hydrogen-bond acceptors (Lipinski definition) is 3. The second-order valence-electron chi connectivity index (χ2n) is 9.98. The van der Waals surface area contributed by atoms with Crippen LogP contribution in [-0.4, -0.2) is 29.3 Å². The predicted octanol–water partition coefficient (Wildman–Crippen LogP) is 5.35. The number of fused-ring (bicyclic) bond motifs is 1. The Morgan fingerprint density at radius 2 is 1.32 bits per heavy atom. The predicted molar refractivity (Wildman–Crippen MR) is 148 cm³/mol. The summed E-state index contributed by atoms with van der Waals surface area (Å²) < 4.78 is 0. The van der Waals surface area contributed by atoms with Gasteiger partial charge in [-0.15, -0.1) is 0 Å². The minimum absolute atomic E-state index is 0.182. The van der Waals surface area contributed by atoms with Gasteiger partial charge in [-0.2, -0.15) is 0 Å². The zero-order chi connectivity index (χ0) is 26.4. The van der Waals surface area contributed by atoms with Crippen LogP contribution in [0.5, 0.6) is 0 Å². The van der Waals surface area contributed by atoms with Crippen LogP contribution >= 0.6 is 0 Å². The number of carbonyl (C=O) groups is 3. The Bertz CT molecular complexity index is 1410. The Labute approximate surface area is 217 Å². The molecule has 4 aromatic rings. The molecule has 0 unspecified atom stereocenters. The number of carbonyl (C=O) groups excluding carboxylic acids is 3. The summed E-state index contributed by atoms with van der Waals surface area (Å²) in [7, 11) is 0. The molecule has 0 aliphatic rings. The van der Waals surface area contributed by atoms with Crippen molar-refractivity contribution in [2.75, 3.05) is 5.32 Å². The molecule has 0 aliphatic heterocycles. The molecule has 3 amide bonds. The smallest absolute Gasteiger partial charge is 0.252 e. The van der Waals surface area contributed by atoms with E-state index in [2.05, 4.69) is 16.0 Å². The number of benzene rings is 4. The lowest BCUT2D eigenvalue weighted by atomic mass is 10.0. The van der Waals surface area contributed by atoms with Crippen LogP contribution in [0.1, 0.15) is 47.1 Å². The molecule has 0 aromatic heterocycles. The zero-order valence-corrected chi connectivity index (χ0v) is 21.2. The Morgan fingerprint density at radius 3 is 2.00 bits per heavy atom. The molecule has 4 aromatic carbocycles. The van der Waals surface area contributed by atoms with E-state index in [0.29, 0.717) is 23.2 Å². The lowest BCUT2D eigenvalue weighted by molar-refractivity contribution is -0.118. The normalized spacial score (nSPS) is 12.0. The van der Waals surface area contributed by atoms with Crippen molar-refractivity contribution in [2.45, 2.75) is 38.8 Å². The number of hydrogen-bond donors (Lipinski definition) is 3. The molecule has 188 valence electrons. The van der Waals surface area contributed by atoms with E-state index in [9.17, 15) is 14.4 Å². The number of rotatable bonds is 7. The van der Waals surface area contributed by atoms with Crippen molar-refractivity contribution in [3.8, 4) is 0 Å². The maximum absolute atomic E-state index is 13.5. The highest BCUT2D eigenvalue weighted by Crippen LogP contribution is 2.27. The molecule has 0 saturated heterocycles. The fraction of sp³-hybridized carbons (Fsp3) is 0.194. The van der Waals surface area contributed by atoms with Gasteiger partial charge in [0.05, 0.1) is 0 Å². The molecule has 4 rings (SSSR count). The summed E-state index contributed by atoms with van der Waals surface area (Å²) in [4.78, 5) is 39.4. The summed E-state index contributed by atoms with van der Waals surface area (Å²) in [6, 6.07) is 28.5. The molecule has 0 heterocycles. The summed E-state index contributed by atoms with van der Waals surface area (Å²) in [5, 5.41) is 10.4. The third-order valence-corrected chi connectivity index (χ3v) is 5.85. The van der Waals surface area contributed by atoms with Gasteiger partial charge < -0.3 is 16.0 Å². The van der Waals surface area contributed by atoms with Crippen molar-refractivity contribution in [3.63, 3.8) is 0 Å². The van der Waals surface area contributed by atoms with Crippen LogP contribution < -0.4 is 16.0 Å². The molecule has 0 fully saturated rings. The van der Waals surface area contributed by atoms with Crippen molar-refractivity contribution in [1.82, 2.24) is 10.6 Å². The molecule has 1 atom stereocenters. The Hall–Kier alpha value is -4.45. The average Bonchev–Trinajstić information content (AvgIpc) is 2.88. The van der Waals surface area contributed by atoms with Crippen LogP contribution in [0, 0.1) is 0 Å². The lowest BCUT2D eigenvalue weighted by Gasteiger charge is -2.22. The molecule has 0 radical (unpaired) electrons. The third-order valence-electron chi connectivity index (χ3n) is 5.85. The third kappa shape index (κ3) is 6.61. The van der Waals surface area contributed by atoms with E-state index in [1.807, 2.05) is 69.3 Å². The van der Waals surface area contributed by atoms with Gasteiger partial charge in [0.15, 0.2) is 0 Å². The maximum atomic E-state index is 13.5. The minimum Gasteiger partial charge on any atom is -0.347 e. The average molecular weight is 494 g/mol. The molecule has 37 heavy (non-hydrogen) atoms. The van der Waals surface area contributed by atoms with Gasteiger partial charge in [0.25, 0.3) is 11.8 Å². The van der Waals surface area contributed by atoms with Gasteiger partial charge in [0, 0.05) is 34.2 Å². The second-order valence-corrected chi connectivity index (χ2v) is 9.98. The van der Waals surface area contributed by atoms with Crippen molar-refractivity contribution in [2.24, 2.45) is 0 Å². The Balaban J connectivity index is 1.62. The fourth-order valence-corrected chi connectivity index (χ4v) is 4.13. The minimum atomic E-state index is -0.808. The van der Waals surface area contributed by atoms with Gasteiger partial charge in [0.1, 0.15) is 6.04 Å². The molecule has 0 aliphatic carbocycles. The van der Waals surface area contributed by atoms with Crippen LogP contribution in [0.15, 0.2) is 97.1 Å². The monoisotopic (exact) mass is 493 g/mol. The van der Waals surface area contributed by atoms with Crippen molar-refractivity contribution in [1.29, 1.82) is 0 Å². The van der Waals surface area contributed by atoms with Gasteiger partial charge in [-0.3, -0.25) is 14.4 Å². The first-order valence-corrected chi connectivity index (χ1v) is 12.3. The SMILES string of the molecule is CC(C)(C)NC(=O)c1cccc2c(NC(=O)[C@H](Cc3ccccc3)NC(=O)c3ccccc3)cccc12. The molecule has 3 N–H and O–H groups in total. The van der Waals surface area contributed by atoms with Crippen LogP contribution in [0.2, 0.25) is 0 Å². The van der Waals surface area contributed by atoms with Gasteiger partial charge in [-0.1, -0.05) is 72.8 Å². The number of amides is 3. The van der Waals surface area contributed by atoms with Crippen LogP contribution in [-0.2, 0) is 11.2 Å². The number of anilines is 1. The van der Waals surface area contributed by atoms with Crippen LogP contribution in [0.4, 0.5) is 5.69 Å². The molecule has 0 saturated carbocycles. The zero-order valence-electron chi connectivity index (χ0n) is 21.2. The Kier molecular flexibility index (Phi) is 7.68. The van der Waals surface area contributed by atoms with Crippen LogP contribution in [0.3, 0.4) is 0 Å². The molecule has 0 spiro atoms. The molecule has 6 nitrogen and oxygen atoms in total. The van der Waals surface area contributed by atoms with E-state index >= 15 is 0 Å². The first kappa shape index (κ1) is 25.6. The van der Waals surface area contributed by atoms with E-state index in [1.54, 1.807) is 48.5 Å². The highest BCUT2D eigenvalue weighted by Gasteiger charge is 2.23. The van der Waals surface area contributed by atoms with Crippen molar-refractivity contribution >= 4 is 34.2 Å². The summed E-state index contributed by atoms with van der Waals surface area (Å²) in [5.74, 6) is -0.848. The largest absolute Gasteiger partial charge is 0.347 e. The molecular formula is C31H31N3O3. The topological polar surface area (TPSA) is 87.3 Å². The summed E-state index contributed by atoms with van der Waals surface area (Å²) in [6.45, 7) is 5.79. The van der Waals surface area contributed by atoms with E-state index in [4.69, 9.17) is 0 Å². The first-order valence-electron chi connectivity index (χ1n) is 12.3. The lowest BCUT2D eigenvalue weighted by Crippen LogP contribution is -2.45. The van der Waals surface area contributed by atoms with Gasteiger partial charge in [-0.25, -0.2) is 0 Å². The van der Waals surface area contributed by atoms with Crippen molar-refractivity contribution in [3.05, 3.63) is 114 Å². The van der Waals surface area contributed by atoms with Gasteiger partial charge in [0.2, 0.25) is 5.91 Å². The molecular weight excluding hydrogens is 462 g/mol. The summed E-state index contributed by atoms with van der Waals surface area (Å²) >= 11 is 0. The highest BCUT2D eigenvalue weighted by molar-refractivity contribution is 6.12. The second kappa shape index (κ2) is 11.1. The quantitative estimate of drug-likeness (QED) is 0.324. The van der Waals surface area contributed by atoms with Crippen molar-refractivity contribution < 1.29 is 14.4 Å². The van der Waals surface area contributed by atoms with E-state index < -0.39 is 6.04 Å². The van der Waals surface area contributed by atoms with Crippen LogP contribution in [0.25, 0.3) is 10.8 Å². The number of nitrogens with one attached hydrogen (secondary N) is 3.